The highest BCUT2D eigenvalue weighted by Crippen LogP contribution is 2.17. The summed E-state index contributed by atoms with van der Waals surface area (Å²) in [5, 5.41) is 10.4. The quantitative estimate of drug-likeness (QED) is 0.652. The summed E-state index contributed by atoms with van der Waals surface area (Å²) in [7, 11) is 1.53. The molecule has 1 rings (SSSR count). The monoisotopic (exact) mass is 281 g/mol. The van der Waals surface area contributed by atoms with Crippen molar-refractivity contribution in [2.45, 2.75) is 6.92 Å². The summed E-state index contributed by atoms with van der Waals surface area (Å²) in [6, 6.07) is 1.71. The Hall–Kier alpha value is -1.84. The molecule has 0 saturated heterocycles. The molecule has 6 heteroatoms. The molecule has 1 N–H and O–H groups in total. The minimum atomic E-state index is -0.446. The lowest BCUT2D eigenvalue weighted by atomic mass is 10.2. The maximum Gasteiger partial charge on any atom is 0.325 e. The fourth-order valence-electron chi connectivity index (χ4n) is 1.35. The Morgan fingerprint density at radius 1 is 1.53 bits per heavy atom. The number of rotatable bonds is 4. The predicted octanol–water partition coefficient (Wildman–Crippen LogP) is 0.727. The number of ether oxygens (including phenoxy) is 1. The van der Waals surface area contributed by atoms with Crippen molar-refractivity contribution in [1.82, 2.24) is 4.90 Å². The first-order valence-corrected chi connectivity index (χ1v) is 6.56. The third-order valence-electron chi connectivity index (χ3n) is 2.18. The first kappa shape index (κ1) is 15.2. The molecule has 1 amide bonds. The summed E-state index contributed by atoms with van der Waals surface area (Å²) in [6.07, 6.45) is 0. The van der Waals surface area contributed by atoms with Gasteiger partial charge in [-0.15, -0.1) is 11.3 Å². The van der Waals surface area contributed by atoms with Crippen LogP contribution in [0.5, 0.6) is 0 Å². The maximum absolute atomic E-state index is 12.1. The van der Waals surface area contributed by atoms with E-state index in [0.29, 0.717) is 10.4 Å². The first-order valence-electron chi connectivity index (χ1n) is 5.68. The molecule has 0 unspecified atom stereocenters. The largest absolute Gasteiger partial charge is 0.465 e. The van der Waals surface area contributed by atoms with Crippen LogP contribution in [-0.4, -0.2) is 48.7 Å². The molecule has 1 aromatic rings. The van der Waals surface area contributed by atoms with Crippen molar-refractivity contribution in [3.05, 3.63) is 21.9 Å². The van der Waals surface area contributed by atoms with Gasteiger partial charge in [0, 0.05) is 12.6 Å². The van der Waals surface area contributed by atoms with Crippen LogP contribution in [-0.2, 0) is 9.53 Å². The molecule has 0 aliphatic heterocycles. The molecule has 0 aromatic carbocycles. The standard InChI is InChI=1S/C13H15NO4S/c1-3-18-11(16)9-14(2)13(17)12-10(5-4-7-15)6-8-19-12/h6,8,15H,3,7,9H2,1-2H3. The summed E-state index contributed by atoms with van der Waals surface area (Å²) >= 11 is 1.25. The van der Waals surface area contributed by atoms with Crippen LogP contribution in [0.25, 0.3) is 0 Å². The van der Waals surface area contributed by atoms with Crippen molar-refractivity contribution in [2.75, 3.05) is 26.8 Å². The summed E-state index contributed by atoms with van der Waals surface area (Å²) < 4.78 is 4.78. The molecule has 0 spiro atoms. The Bertz CT molecular complexity index is 512. The van der Waals surface area contributed by atoms with E-state index in [1.165, 1.54) is 23.3 Å². The van der Waals surface area contributed by atoms with Gasteiger partial charge in [0.25, 0.3) is 5.91 Å². The smallest absolute Gasteiger partial charge is 0.325 e. The van der Waals surface area contributed by atoms with E-state index in [-0.39, 0.29) is 25.7 Å². The number of aliphatic hydroxyl groups is 1. The number of nitrogens with zero attached hydrogens (tertiary/aromatic N) is 1. The van der Waals surface area contributed by atoms with Gasteiger partial charge in [-0.25, -0.2) is 0 Å². The summed E-state index contributed by atoms with van der Waals surface area (Å²) in [5.74, 6) is 4.47. The number of likely N-dealkylation sites (N-methyl/N-ethyl adjacent to an activating group) is 1. The van der Waals surface area contributed by atoms with Crippen molar-refractivity contribution < 1.29 is 19.4 Å². The van der Waals surface area contributed by atoms with Crippen molar-refractivity contribution in [1.29, 1.82) is 0 Å². The molecule has 5 nitrogen and oxygen atoms in total. The Labute approximate surface area is 115 Å². The number of hydrogen-bond donors (Lipinski definition) is 1. The summed E-state index contributed by atoms with van der Waals surface area (Å²) in [5.41, 5.74) is 0.555. The van der Waals surface area contributed by atoms with E-state index in [2.05, 4.69) is 11.8 Å². The number of esters is 1. The van der Waals surface area contributed by atoms with Crippen LogP contribution in [0.4, 0.5) is 0 Å². The fourth-order valence-corrected chi connectivity index (χ4v) is 2.20. The Morgan fingerprint density at radius 3 is 2.89 bits per heavy atom. The maximum atomic E-state index is 12.1. The number of aliphatic hydroxyl groups excluding tert-OH is 1. The number of thiophene rings is 1. The van der Waals surface area contributed by atoms with E-state index in [1.807, 2.05) is 0 Å². The van der Waals surface area contributed by atoms with Crippen molar-refractivity contribution >= 4 is 23.2 Å². The molecule has 19 heavy (non-hydrogen) atoms. The second-order valence-electron chi connectivity index (χ2n) is 3.59. The van der Waals surface area contributed by atoms with Crippen LogP contribution < -0.4 is 0 Å². The summed E-state index contributed by atoms with van der Waals surface area (Å²) in [4.78, 5) is 25.2. The molecule has 102 valence electrons. The van der Waals surface area contributed by atoms with Gasteiger partial charge < -0.3 is 14.7 Å². The molecule has 0 atom stereocenters. The van der Waals surface area contributed by atoms with Gasteiger partial charge >= 0.3 is 5.97 Å². The van der Waals surface area contributed by atoms with E-state index < -0.39 is 5.97 Å². The van der Waals surface area contributed by atoms with Crippen molar-refractivity contribution in [3.8, 4) is 11.8 Å². The molecule has 0 fully saturated rings. The highest BCUT2D eigenvalue weighted by Gasteiger charge is 2.19. The van der Waals surface area contributed by atoms with Crippen LogP contribution in [0.3, 0.4) is 0 Å². The van der Waals surface area contributed by atoms with Gasteiger partial charge in [0.05, 0.1) is 6.61 Å². The van der Waals surface area contributed by atoms with E-state index in [0.717, 1.165) is 0 Å². The lowest BCUT2D eigenvalue weighted by Gasteiger charge is -2.15. The van der Waals surface area contributed by atoms with E-state index in [4.69, 9.17) is 9.84 Å². The van der Waals surface area contributed by atoms with Gasteiger partial charge in [-0.05, 0) is 18.4 Å². The fraction of sp³-hybridized carbons (Fsp3) is 0.385. The van der Waals surface area contributed by atoms with E-state index in [9.17, 15) is 9.59 Å². The van der Waals surface area contributed by atoms with E-state index in [1.54, 1.807) is 18.4 Å². The average Bonchev–Trinajstić information content (AvgIpc) is 2.83. The Morgan fingerprint density at radius 2 is 2.26 bits per heavy atom. The normalized spacial score (nSPS) is 9.42. The number of hydrogen-bond acceptors (Lipinski definition) is 5. The van der Waals surface area contributed by atoms with Gasteiger partial charge in [0.15, 0.2) is 0 Å². The highest BCUT2D eigenvalue weighted by molar-refractivity contribution is 7.12. The molecule has 1 aromatic heterocycles. The van der Waals surface area contributed by atoms with Gasteiger partial charge in [-0.3, -0.25) is 9.59 Å². The Kier molecular flexibility index (Phi) is 6.06. The van der Waals surface area contributed by atoms with Gasteiger partial charge in [-0.1, -0.05) is 11.8 Å². The summed E-state index contributed by atoms with van der Waals surface area (Å²) in [6.45, 7) is 1.63. The Balaban J connectivity index is 2.77. The van der Waals surface area contributed by atoms with Crippen molar-refractivity contribution in [2.24, 2.45) is 0 Å². The number of amides is 1. The average molecular weight is 281 g/mol. The lowest BCUT2D eigenvalue weighted by Crippen LogP contribution is -2.32. The molecule has 0 bridgehead atoms. The van der Waals surface area contributed by atoms with Crippen LogP contribution in [0.15, 0.2) is 11.4 Å². The van der Waals surface area contributed by atoms with Crippen LogP contribution in [0, 0.1) is 11.8 Å². The molecular formula is C13H15NO4S. The molecule has 0 radical (unpaired) electrons. The lowest BCUT2D eigenvalue weighted by molar-refractivity contribution is -0.143. The predicted molar refractivity (Wildman–Crippen MR) is 71.9 cm³/mol. The number of carbonyl (C=O) groups excluding carboxylic acids is 2. The zero-order valence-electron chi connectivity index (χ0n) is 10.8. The SMILES string of the molecule is CCOC(=O)CN(C)C(=O)c1sccc1C#CCO. The molecule has 0 saturated carbocycles. The van der Waals surface area contributed by atoms with Crippen LogP contribution >= 0.6 is 11.3 Å². The van der Waals surface area contributed by atoms with Gasteiger partial charge in [0.2, 0.25) is 0 Å². The minimum absolute atomic E-state index is 0.0998. The van der Waals surface area contributed by atoms with Crippen LogP contribution in [0.2, 0.25) is 0 Å². The highest BCUT2D eigenvalue weighted by atomic mass is 32.1. The molecule has 0 aliphatic rings. The molecular weight excluding hydrogens is 266 g/mol. The minimum Gasteiger partial charge on any atom is -0.465 e. The topological polar surface area (TPSA) is 66.8 Å². The zero-order chi connectivity index (χ0) is 14.3. The van der Waals surface area contributed by atoms with Gasteiger partial charge in [0.1, 0.15) is 18.0 Å². The van der Waals surface area contributed by atoms with Crippen molar-refractivity contribution in [3.63, 3.8) is 0 Å². The second-order valence-corrected chi connectivity index (χ2v) is 4.51. The van der Waals surface area contributed by atoms with Gasteiger partial charge in [-0.2, -0.15) is 0 Å². The van der Waals surface area contributed by atoms with E-state index >= 15 is 0 Å². The van der Waals surface area contributed by atoms with Crippen LogP contribution in [0.1, 0.15) is 22.2 Å². The first-order chi connectivity index (χ1) is 9.10. The zero-order valence-corrected chi connectivity index (χ0v) is 11.6. The number of carbonyl (C=O) groups is 2. The third kappa shape index (κ3) is 4.39. The molecule has 0 aliphatic carbocycles. The third-order valence-corrected chi connectivity index (χ3v) is 3.08. The second kappa shape index (κ2) is 7.56. The molecule has 1 heterocycles.